The third-order valence-corrected chi connectivity index (χ3v) is 7.28. The van der Waals surface area contributed by atoms with Gasteiger partial charge in [-0.15, -0.1) is 0 Å². The number of rotatable bonds is 8. The average Bonchev–Trinajstić information content (AvgIpc) is 3.21. The predicted octanol–water partition coefficient (Wildman–Crippen LogP) is 5.57. The molecule has 5 heteroatoms. The quantitative estimate of drug-likeness (QED) is 0.534. The molecule has 186 valence electrons. The average molecular weight is 467 g/mol. The molecule has 0 saturated carbocycles. The second-order valence-corrected chi connectivity index (χ2v) is 11.2. The van der Waals surface area contributed by atoms with Gasteiger partial charge in [-0.3, -0.25) is 10.1 Å². The molecule has 2 aromatic carbocycles. The summed E-state index contributed by atoms with van der Waals surface area (Å²) in [4.78, 5) is 15.5. The van der Waals surface area contributed by atoms with Crippen LogP contribution < -0.4 is 10.1 Å². The van der Waals surface area contributed by atoms with Gasteiger partial charge in [-0.25, -0.2) is 0 Å². The lowest BCUT2D eigenvalue weighted by molar-refractivity contribution is -0.141. The lowest BCUT2D eigenvalue weighted by atomic mass is 9.86. The summed E-state index contributed by atoms with van der Waals surface area (Å²) in [5, 5.41) is 14.5. The summed E-state index contributed by atoms with van der Waals surface area (Å²) in [6.07, 6.45) is 1.74. The van der Waals surface area contributed by atoms with E-state index in [4.69, 9.17) is 4.74 Å². The molecule has 1 aliphatic heterocycles. The fourth-order valence-electron chi connectivity index (χ4n) is 4.57. The topological polar surface area (TPSA) is 61.8 Å². The number of methoxy groups -OCH3 is 1. The molecule has 3 rings (SSSR count). The zero-order valence-electron chi connectivity index (χ0n) is 21.9. The van der Waals surface area contributed by atoms with Gasteiger partial charge < -0.3 is 14.7 Å². The van der Waals surface area contributed by atoms with Gasteiger partial charge in [0, 0.05) is 12.1 Å². The monoisotopic (exact) mass is 466 g/mol. The van der Waals surface area contributed by atoms with Crippen molar-refractivity contribution in [3.05, 3.63) is 65.2 Å². The van der Waals surface area contributed by atoms with E-state index in [0.717, 1.165) is 29.7 Å². The fourth-order valence-corrected chi connectivity index (χ4v) is 4.57. The lowest BCUT2D eigenvalue weighted by Crippen LogP contribution is -2.48. The lowest BCUT2D eigenvalue weighted by Gasteiger charge is -2.35. The van der Waals surface area contributed by atoms with Crippen LogP contribution in [0.4, 0.5) is 0 Å². The van der Waals surface area contributed by atoms with Crippen molar-refractivity contribution in [2.75, 3.05) is 7.11 Å². The number of carbonyl (C=O) groups excluding carboxylic acids is 1. The second kappa shape index (κ2) is 10.5. The van der Waals surface area contributed by atoms with Gasteiger partial charge in [-0.05, 0) is 48.3 Å². The summed E-state index contributed by atoms with van der Waals surface area (Å²) in [5.74, 6) is 0.821. The number of carbonyl (C=O) groups is 1. The van der Waals surface area contributed by atoms with Crippen molar-refractivity contribution in [3.8, 4) is 5.75 Å². The minimum absolute atomic E-state index is 0.00281. The summed E-state index contributed by atoms with van der Waals surface area (Å²) in [6.45, 7) is 12.9. The van der Waals surface area contributed by atoms with E-state index in [2.05, 4.69) is 50.4 Å². The Kier molecular flexibility index (Phi) is 8.10. The van der Waals surface area contributed by atoms with Crippen LogP contribution in [0.3, 0.4) is 0 Å². The van der Waals surface area contributed by atoms with Crippen LogP contribution >= 0.6 is 0 Å². The van der Waals surface area contributed by atoms with Crippen molar-refractivity contribution in [1.29, 1.82) is 0 Å². The molecule has 1 amide bonds. The maximum atomic E-state index is 13.6. The van der Waals surface area contributed by atoms with Crippen molar-refractivity contribution in [2.45, 2.75) is 90.6 Å². The van der Waals surface area contributed by atoms with Gasteiger partial charge in [0.25, 0.3) is 0 Å². The van der Waals surface area contributed by atoms with Crippen molar-refractivity contribution in [1.82, 2.24) is 10.2 Å². The third kappa shape index (κ3) is 6.00. The van der Waals surface area contributed by atoms with E-state index in [0.29, 0.717) is 6.54 Å². The highest BCUT2D eigenvalue weighted by molar-refractivity contribution is 5.78. The normalized spacial score (nSPS) is 20.4. The zero-order valence-corrected chi connectivity index (χ0v) is 21.9. The highest BCUT2D eigenvalue weighted by Gasteiger charge is 2.40. The summed E-state index contributed by atoms with van der Waals surface area (Å²) < 4.78 is 5.63. The van der Waals surface area contributed by atoms with E-state index in [1.807, 2.05) is 43.0 Å². The Morgan fingerprint density at radius 2 is 1.79 bits per heavy atom. The molecule has 2 aromatic rings. The predicted molar refractivity (Wildman–Crippen MR) is 138 cm³/mol. The van der Waals surface area contributed by atoms with E-state index < -0.39 is 5.60 Å². The van der Waals surface area contributed by atoms with Crippen LogP contribution in [0.2, 0.25) is 0 Å². The van der Waals surface area contributed by atoms with E-state index >= 15 is 0 Å². The zero-order chi connectivity index (χ0) is 25.1. The van der Waals surface area contributed by atoms with Gasteiger partial charge in [-0.1, -0.05) is 77.1 Å². The number of ether oxygens (including phenoxy) is 1. The minimum Gasteiger partial charge on any atom is -0.496 e. The number of hydrogen-bond acceptors (Lipinski definition) is 4. The Bertz CT molecular complexity index is 963. The Labute approximate surface area is 205 Å². The molecule has 0 radical (unpaired) electrons. The summed E-state index contributed by atoms with van der Waals surface area (Å²) >= 11 is 0. The molecule has 0 spiro atoms. The number of likely N-dealkylation sites (tertiary alicyclic amines) is 1. The number of nitrogens with zero attached hydrogens (tertiary/aromatic N) is 1. The Hall–Kier alpha value is -2.37. The first kappa shape index (κ1) is 26.2. The van der Waals surface area contributed by atoms with Crippen molar-refractivity contribution in [3.63, 3.8) is 0 Å². The smallest absolute Gasteiger partial charge is 0.227 e. The second-order valence-electron chi connectivity index (χ2n) is 11.2. The summed E-state index contributed by atoms with van der Waals surface area (Å²) in [5.41, 5.74) is 2.46. The fraction of sp³-hybridized carbons (Fsp3) is 0.552. The van der Waals surface area contributed by atoms with E-state index in [1.54, 1.807) is 14.0 Å². The van der Waals surface area contributed by atoms with Crippen LogP contribution in [0.1, 0.15) is 83.5 Å². The molecule has 1 saturated heterocycles. The third-order valence-electron chi connectivity index (χ3n) is 7.28. The maximum absolute atomic E-state index is 13.6. The molecule has 0 aromatic heterocycles. The molecule has 34 heavy (non-hydrogen) atoms. The van der Waals surface area contributed by atoms with Gasteiger partial charge in [0.1, 0.15) is 5.75 Å². The minimum atomic E-state index is -1.05. The number of hydrogen-bond donors (Lipinski definition) is 2. The number of benzene rings is 2. The van der Waals surface area contributed by atoms with Crippen molar-refractivity contribution >= 4 is 5.91 Å². The first-order valence-electron chi connectivity index (χ1n) is 12.4. The molecule has 1 aliphatic rings. The highest BCUT2D eigenvalue weighted by Crippen LogP contribution is 2.37. The van der Waals surface area contributed by atoms with Gasteiger partial charge >= 0.3 is 0 Å². The molecule has 2 N–H and O–H groups in total. The van der Waals surface area contributed by atoms with Gasteiger partial charge in [-0.2, -0.15) is 0 Å². The SMILES string of the molecule is COc1ccc(C(C)(C)C)cc1CNC1CCC(c2ccccc2)N1C(=O)CC(C)(O)C(C)C. The van der Waals surface area contributed by atoms with E-state index in [-0.39, 0.29) is 35.9 Å². The molecule has 3 atom stereocenters. The molecule has 1 fully saturated rings. The van der Waals surface area contributed by atoms with Crippen LogP contribution in [-0.2, 0) is 16.8 Å². The summed E-state index contributed by atoms with van der Waals surface area (Å²) in [7, 11) is 1.69. The van der Waals surface area contributed by atoms with Gasteiger partial charge in [0.05, 0.1) is 31.3 Å². The molecule has 3 unspecified atom stereocenters. The van der Waals surface area contributed by atoms with Crippen LogP contribution in [0.5, 0.6) is 5.75 Å². The van der Waals surface area contributed by atoms with Gasteiger partial charge in [0.2, 0.25) is 5.91 Å². The number of aliphatic hydroxyl groups is 1. The Morgan fingerprint density at radius 3 is 2.38 bits per heavy atom. The summed E-state index contributed by atoms with van der Waals surface area (Å²) in [6, 6.07) is 16.6. The number of nitrogens with one attached hydrogen (secondary N) is 1. The molecule has 0 aliphatic carbocycles. The largest absolute Gasteiger partial charge is 0.496 e. The van der Waals surface area contributed by atoms with Crippen LogP contribution in [0.25, 0.3) is 0 Å². The van der Waals surface area contributed by atoms with Gasteiger partial charge in [0.15, 0.2) is 0 Å². The van der Waals surface area contributed by atoms with Crippen LogP contribution in [0, 0.1) is 5.92 Å². The first-order chi connectivity index (χ1) is 15.9. The van der Waals surface area contributed by atoms with Crippen molar-refractivity contribution in [2.24, 2.45) is 5.92 Å². The first-order valence-corrected chi connectivity index (χ1v) is 12.4. The molecule has 5 nitrogen and oxygen atoms in total. The molecular weight excluding hydrogens is 424 g/mol. The molecular formula is C29H42N2O3. The number of amides is 1. The van der Waals surface area contributed by atoms with Crippen LogP contribution in [0.15, 0.2) is 48.5 Å². The van der Waals surface area contributed by atoms with Crippen molar-refractivity contribution < 1.29 is 14.6 Å². The maximum Gasteiger partial charge on any atom is 0.227 e. The molecule has 0 bridgehead atoms. The standard InChI is InChI=1S/C29H42N2O3/c1-20(2)29(6,33)18-27(32)31-24(21-11-9-8-10-12-21)14-16-26(31)30-19-22-17-23(28(3,4)5)13-15-25(22)34-7/h8-13,15,17,20,24,26,30,33H,14,16,18-19H2,1-7H3. The Morgan fingerprint density at radius 1 is 1.12 bits per heavy atom. The van der Waals surface area contributed by atoms with E-state index in [1.165, 1.54) is 5.56 Å². The van der Waals surface area contributed by atoms with Crippen LogP contribution in [-0.4, -0.2) is 34.8 Å². The molecule has 1 heterocycles. The van der Waals surface area contributed by atoms with E-state index in [9.17, 15) is 9.90 Å². The Balaban J connectivity index is 1.85. The highest BCUT2D eigenvalue weighted by atomic mass is 16.5.